The summed E-state index contributed by atoms with van der Waals surface area (Å²) in [7, 11) is 0. The summed E-state index contributed by atoms with van der Waals surface area (Å²) in [6.45, 7) is -0.263. The number of carboxylic acid groups (broad SMARTS) is 1. The minimum absolute atomic E-state index is 0. The number of hydrogen-bond acceptors (Lipinski definition) is 2. The molecule has 0 fully saturated rings. The molecule has 0 saturated heterocycles. The summed E-state index contributed by atoms with van der Waals surface area (Å²) in [5.41, 5.74) is 0. The van der Waals surface area contributed by atoms with Crippen LogP contribution in [0.15, 0.2) is 0 Å². The van der Waals surface area contributed by atoms with Crippen LogP contribution in [0.1, 0.15) is 38.5 Å². The molecule has 0 aromatic carbocycles. The van der Waals surface area contributed by atoms with Gasteiger partial charge in [0.25, 0.3) is 0 Å². The summed E-state index contributed by atoms with van der Waals surface area (Å²) in [5, 5.41) is 9.92. The third-order valence-corrected chi connectivity index (χ3v) is 1.51. The number of hydrogen-bond donors (Lipinski definition) is 0. The molecule has 0 radical (unpaired) electrons. The smallest absolute Gasteiger partial charge is 0.550 e. The molecule has 66 valence electrons. The van der Waals surface area contributed by atoms with Crippen molar-refractivity contribution in [2.75, 3.05) is 6.67 Å². The van der Waals surface area contributed by atoms with Gasteiger partial charge in [0.15, 0.2) is 0 Å². The van der Waals surface area contributed by atoms with Crippen LogP contribution in [0.3, 0.4) is 0 Å². The predicted molar refractivity (Wildman–Crippen MR) is 38.7 cm³/mol. The molecule has 0 heterocycles. The van der Waals surface area contributed by atoms with Crippen LogP contribution in [0.25, 0.3) is 0 Å². The quantitative estimate of drug-likeness (QED) is 0.354. The molecule has 0 aromatic heterocycles. The van der Waals surface area contributed by atoms with E-state index in [1.807, 2.05) is 0 Å². The Balaban J connectivity index is 0. The molecule has 0 bridgehead atoms. The van der Waals surface area contributed by atoms with Gasteiger partial charge in [0, 0.05) is 5.97 Å². The molecule has 0 atom stereocenters. The molecule has 0 saturated carbocycles. The molecule has 0 aliphatic rings. The van der Waals surface area contributed by atoms with Gasteiger partial charge >= 0.3 is 51.4 Å². The average molecular weight is 200 g/mol. The van der Waals surface area contributed by atoms with E-state index in [2.05, 4.69) is 0 Å². The van der Waals surface area contributed by atoms with Gasteiger partial charge in [-0.1, -0.05) is 19.3 Å². The van der Waals surface area contributed by atoms with E-state index in [9.17, 15) is 14.3 Å². The summed E-state index contributed by atoms with van der Waals surface area (Å²) in [5.74, 6) is -0.990. The number of halogens is 1. The Morgan fingerprint density at radius 2 is 1.58 bits per heavy atom. The summed E-state index contributed by atoms with van der Waals surface area (Å²) >= 11 is 0. The SMILES string of the molecule is O=C([O-])CCCCCCCF.[K+]. The second kappa shape index (κ2) is 12.0. The van der Waals surface area contributed by atoms with Gasteiger partial charge in [0.05, 0.1) is 6.67 Å². The standard InChI is InChI=1S/C8H15FO2.K/c9-7-5-3-1-2-4-6-8(10)11;/h1-7H2,(H,10,11);/q;+1/p-1. The minimum Gasteiger partial charge on any atom is -0.550 e. The first-order chi connectivity index (χ1) is 5.27. The normalized spacial score (nSPS) is 9.08. The minimum atomic E-state index is -0.990. The van der Waals surface area contributed by atoms with Crippen molar-refractivity contribution in [3.63, 3.8) is 0 Å². The zero-order valence-electron chi connectivity index (χ0n) is 7.64. The van der Waals surface area contributed by atoms with Gasteiger partial charge in [-0.15, -0.1) is 0 Å². The Bertz CT molecular complexity index is 109. The van der Waals surface area contributed by atoms with E-state index >= 15 is 0 Å². The zero-order valence-corrected chi connectivity index (χ0v) is 10.8. The molecular formula is C8H14FKO2. The molecule has 0 unspecified atom stereocenters. The van der Waals surface area contributed by atoms with Crippen molar-refractivity contribution in [2.24, 2.45) is 0 Å². The van der Waals surface area contributed by atoms with Crippen molar-refractivity contribution in [3.8, 4) is 0 Å². The number of carboxylic acids is 1. The van der Waals surface area contributed by atoms with Crippen LogP contribution in [-0.4, -0.2) is 12.6 Å². The molecule has 0 N–H and O–H groups in total. The van der Waals surface area contributed by atoms with Gasteiger partial charge in [-0.2, -0.15) is 0 Å². The average Bonchev–Trinajstić information content (AvgIpc) is 1.96. The monoisotopic (exact) mass is 200 g/mol. The Kier molecular flexibility index (Phi) is 15.6. The Labute approximate surface area is 115 Å². The van der Waals surface area contributed by atoms with E-state index in [0.29, 0.717) is 12.8 Å². The number of carbonyl (C=O) groups is 1. The van der Waals surface area contributed by atoms with Crippen molar-refractivity contribution in [2.45, 2.75) is 38.5 Å². The molecule has 0 aliphatic heterocycles. The van der Waals surface area contributed by atoms with Gasteiger partial charge in [0.1, 0.15) is 0 Å². The third-order valence-electron chi connectivity index (χ3n) is 1.51. The van der Waals surface area contributed by atoms with Gasteiger partial charge in [-0.25, -0.2) is 0 Å². The van der Waals surface area contributed by atoms with E-state index in [4.69, 9.17) is 0 Å². The van der Waals surface area contributed by atoms with Crippen LogP contribution >= 0.6 is 0 Å². The summed E-state index contributed by atoms with van der Waals surface area (Å²) < 4.78 is 11.5. The molecule has 0 aliphatic carbocycles. The molecule has 2 nitrogen and oxygen atoms in total. The Morgan fingerprint density at radius 3 is 2.08 bits per heavy atom. The van der Waals surface area contributed by atoms with Crippen molar-refractivity contribution < 1.29 is 65.7 Å². The van der Waals surface area contributed by atoms with E-state index in [0.717, 1.165) is 19.3 Å². The molecule has 0 aromatic rings. The molecule has 0 amide bonds. The molecule has 0 spiro atoms. The van der Waals surface area contributed by atoms with Crippen LogP contribution in [0.5, 0.6) is 0 Å². The maximum atomic E-state index is 11.5. The zero-order chi connectivity index (χ0) is 8.53. The van der Waals surface area contributed by atoms with Gasteiger partial charge in [0.2, 0.25) is 0 Å². The second-order valence-electron chi connectivity index (χ2n) is 2.58. The van der Waals surface area contributed by atoms with Gasteiger partial charge in [-0.05, 0) is 19.3 Å². The fourth-order valence-electron chi connectivity index (χ4n) is 0.894. The molecular weight excluding hydrogens is 186 g/mol. The second-order valence-corrected chi connectivity index (χ2v) is 2.58. The van der Waals surface area contributed by atoms with E-state index in [1.165, 1.54) is 0 Å². The Morgan fingerprint density at radius 1 is 1.08 bits per heavy atom. The topological polar surface area (TPSA) is 40.1 Å². The fourth-order valence-corrected chi connectivity index (χ4v) is 0.894. The maximum Gasteiger partial charge on any atom is 1.00 e. The maximum absolute atomic E-state index is 11.5. The molecule has 4 heteroatoms. The third kappa shape index (κ3) is 13.6. The molecule has 0 rings (SSSR count). The first kappa shape index (κ1) is 15.5. The first-order valence-electron chi connectivity index (χ1n) is 4.03. The van der Waals surface area contributed by atoms with E-state index in [1.54, 1.807) is 0 Å². The number of rotatable bonds is 7. The van der Waals surface area contributed by atoms with Gasteiger partial charge in [-0.3, -0.25) is 4.39 Å². The van der Waals surface area contributed by atoms with E-state index in [-0.39, 0.29) is 64.5 Å². The van der Waals surface area contributed by atoms with Crippen LogP contribution in [-0.2, 0) is 4.79 Å². The first-order valence-corrected chi connectivity index (χ1v) is 4.03. The van der Waals surface area contributed by atoms with Crippen LogP contribution in [0, 0.1) is 0 Å². The summed E-state index contributed by atoms with van der Waals surface area (Å²) in [4.78, 5) is 9.92. The number of unbranched alkanes of at least 4 members (excludes halogenated alkanes) is 4. The van der Waals surface area contributed by atoms with Crippen molar-refractivity contribution >= 4 is 5.97 Å². The van der Waals surface area contributed by atoms with Crippen LogP contribution in [0.4, 0.5) is 4.39 Å². The fraction of sp³-hybridized carbons (Fsp3) is 0.875. The number of alkyl halides is 1. The predicted octanol–water partition coefficient (Wildman–Crippen LogP) is -1.95. The van der Waals surface area contributed by atoms with Crippen molar-refractivity contribution in [1.82, 2.24) is 0 Å². The van der Waals surface area contributed by atoms with E-state index < -0.39 is 5.97 Å². The van der Waals surface area contributed by atoms with Crippen molar-refractivity contribution in [3.05, 3.63) is 0 Å². The number of carbonyl (C=O) groups excluding carboxylic acids is 1. The summed E-state index contributed by atoms with van der Waals surface area (Å²) in [6, 6.07) is 0. The van der Waals surface area contributed by atoms with Crippen LogP contribution < -0.4 is 56.5 Å². The largest absolute Gasteiger partial charge is 1.00 e. The van der Waals surface area contributed by atoms with Gasteiger partial charge < -0.3 is 9.90 Å². The number of aliphatic carboxylic acids is 1. The summed E-state index contributed by atoms with van der Waals surface area (Å²) in [6.07, 6.45) is 4.06. The van der Waals surface area contributed by atoms with Crippen molar-refractivity contribution in [1.29, 1.82) is 0 Å². The van der Waals surface area contributed by atoms with Crippen LogP contribution in [0.2, 0.25) is 0 Å². The Hall–Kier alpha value is 1.04. The molecule has 12 heavy (non-hydrogen) atoms.